The molecule has 0 unspecified atom stereocenters. The molecular formula is C16H14N7O. The van der Waals surface area contributed by atoms with Crippen LogP contribution in [0.5, 0.6) is 0 Å². The van der Waals surface area contributed by atoms with Crippen LogP contribution >= 0.6 is 0 Å². The lowest BCUT2D eigenvalue weighted by atomic mass is 10.2. The average molecular weight is 320 g/mol. The summed E-state index contributed by atoms with van der Waals surface area (Å²) in [5.74, 6) is -0.131. The van der Waals surface area contributed by atoms with Gasteiger partial charge in [0.15, 0.2) is 17.3 Å². The monoisotopic (exact) mass is 320 g/mol. The van der Waals surface area contributed by atoms with E-state index < -0.39 is 5.91 Å². The molecule has 3 aromatic rings. The minimum absolute atomic E-state index is 0.0532. The maximum Gasteiger partial charge on any atom is 0.274 e. The summed E-state index contributed by atoms with van der Waals surface area (Å²) in [7, 11) is 1.51. The zero-order valence-corrected chi connectivity index (χ0v) is 13.2. The molecule has 8 nitrogen and oxygen atoms in total. The largest absolute Gasteiger partial charge is 0.337 e. The van der Waals surface area contributed by atoms with E-state index >= 15 is 0 Å². The maximum atomic E-state index is 12.2. The van der Waals surface area contributed by atoms with Crippen LogP contribution in [0.15, 0.2) is 24.4 Å². The van der Waals surface area contributed by atoms with Gasteiger partial charge < -0.3 is 9.88 Å². The molecule has 2 N–H and O–H groups in total. The van der Waals surface area contributed by atoms with Crippen LogP contribution in [0.2, 0.25) is 0 Å². The van der Waals surface area contributed by atoms with Crippen LogP contribution in [0.3, 0.4) is 0 Å². The van der Waals surface area contributed by atoms with Crippen molar-refractivity contribution in [3.8, 4) is 17.6 Å². The first-order valence-electron chi connectivity index (χ1n) is 7.17. The second-order valence-electron chi connectivity index (χ2n) is 5.38. The predicted octanol–water partition coefficient (Wildman–Crippen LogP) is 1.84. The molecule has 0 aliphatic rings. The molecule has 2 aromatic heterocycles. The third kappa shape index (κ3) is 2.75. The summed E-state index contributed by atoms with van der Waals surface area (Å²) in [6.45, 7) is 1.92. The standard InChI is InChI=1S/C16H14N7O/c1-9-3-4-10-11(7-9)22-15(21-10)13-14(18)19-8-12(20-13)16(24)23(2)6-5-17/h3-4,7-8,18H,6H2,1-2H3,(H,21,22). The van der Waals surface area contributed by atoms with Gasteiger partial charge in [-0.1, -0.05) is 6.07 Å². The summed E-state index contributed by atoms with van der Waals surface area (Å²) in [5, 5.41) is 8.69. The summed E-state index contributed by atoms with van der Waals surface area (Å²) in [6.07, 6.45) is 1.23. The average Bonchev–Trinajstić information content (AvgIpc) is 2.97. The summed E-state index contributed by atoms with van der Waals surface area (Å²) in [6, 6.07) is 7.66. The number of H-pyrrole nitrogens is 1. The molecular weight excluding hydrogens is 306 g/mol. The quantitative estimate of drug-likeness (QED) is 0.738. The Morgan fingerprint density at radius 1 is 1.42 bits per heavy atom. The van der Waals surface area contributed by atoms with Crippen LogP contribution in [0.4, 0.5) is 5.82 Å². The number of carbonyl (C=O) groups is 1. The zero-order chi connectivity index (χ0) is 17.3. The molecule has 0 spiro atoms. The normalized spacial score (nSPS) is 10.5. The predicted molar refractivity (Wildman–Crippen MR) is 87.2 cm³/mol. The van der Waals surface area contributed by atoms with Gasteiger partial charge in [0, 0.05) is 7.05 Å². The molecule has 0 fully saturated rings. The second-order valence-corrected chi connectivity index (χ2v) is 5.38. The molecule has 119 valence electrons. The highest BCUT2D eigenvalue weighted by molar-refractivity contribution is 5.93. The lowest BCUT2D eigenvalue weighted by Crippen LogP contribution is -2.28. The molecule has 0 saturated carbocycles. The molecule has 0 aliphatic heterocycles. The zero-order valence-electron chi connectivity index (χ0n) is 13.2. The van der Waals surface area contributed by atoms with E-state index in [1.165, 1.54) is 18.1 Å². The topological polar surface area (TPSA) is 122 Å². The fourth-order valence-corrected chi connectivity index (χ4v) is 2.27. The Morgan fingerprint density at radius 2 is 2.21 bits per heavy atom. The summed E-state index contributed by atoms with van der Waals surface area (Å²) in [4.78, 5) is 29.1. The number of nitrogens with one attached hydrogen (secondary N) is 2. The van der Waals surface area contributed by atoms with E-state index in [0.717, 1.165) is 16.6 Å². The fourth-order valence-electron chi connectivity index (χ4n) is 2.27. The molecule has 1 amide bonds. The number of hydrogen-bond donors (Lipinski definition) is 1. The van der Waals surface area contributed by atoms with Crippen molar-refractivity contribution in [1.82, 2.24) is 30.6 Å². The van der Waals surface area contributed by atoms with E-state index in [9.17, 15) is 4.79 Å². The highest BCUT2D eigenvalue weighted by Gasteiger charge is 2.18. The molecule has 8 heteroatoms. The Balaban J connectivity index is 2.05. The number of fused-ring (bicyclic) bond motifs is 1. The number of aromatic nitrogens is 4. The van der Waals surface area contributed by atoms with Gasteiger partial charge in [-0.25, -0.2) is 15.0 Å². The summed E-state index contributed by atoms with van der Waals surface area (Å²) >= 11 is 0. The van der Waals surface area contributed by atoms with E-state index in [1.54, 1.807) is 0 Å². The SMILES string of the molecule is Cc1ccc2nc(-c3nc(C(=O)N(C)CC#N)cnc3[NH])[nH]c2c1. The van der Waals surface area contributed by atoms with Crippen molar-refractivity contribution in [2.75, 3.05) is 13.6 Å². The number of aromatic amines is 1. The minimum Gasteiger partial charge on any atom is -0.337 e. The Labute approximate surface area is 138 Å². The van der Waals surface area contributed by atoms with Gasteiger partial charge in [-0.3, -0.25) is 10.5 Å². The first kappa shape index (κ1) is 15.4. The van der Waals surface area contributed by atoms with Gasteiger partial charge in [0.25, 0.3) is 5.91 Å². The van der Waals surface area contributed by atoms with Gasteiger partial charge in [0.1, 0.15) is 12.2 Å². The van der Waals surface area contributed by atoms with Crippen LogP contribution in [0.1, 0.15) is 16.1 Å². The van der Waals surface area contributed by atoms with Crippen molar-refractivity contribution in [3.05, 3.63) is 35.7 Å². The molecule has 0 bridgehead atoms. The van der Waals surface area contributed by atoms with E-state index in [1.807, 2.05) is 31.2 Å². The highest BCUT2D eigenvalue weighted by Crippen LogP contribution is 2.24. The van der Waals surface area contributed by atoms with Gasteiger partial charge in [0.2, 0.25) is 0 Å². The van der Waals surface area contributed by atoms with Crippen LogP contribution in [0.25, 0.3) is 22.6 Å². The fraction of sp³-hybridized carbons (Fsp3) is 0.188. The van der Waals surface area contributed by atoms with Crippen LogP contribution < -0.4 is 5.73 Å². The van der Waals surface area contributed by atoms with Crippen molar-refractivity contribution in [1.29, 1.82) is 5.26 Å². The Hall–Kier alpha value is -3.47. The smallest absolute Gasteiger partial charge is 0.274 e. The van der Waals surface area contributed by atoms with E-state index in [-0.39, 0.29) is 23.8 Å². The van der Waals surface area contributed by atoms with Gasteiger partial charge in [-0.15, -0.1) is 0 Å². The van der Waals surface area contributed by atoms with Crippen molar-refractivity contribution in [3.63, 3.8) is 0 Å². The third-order valence-electron chi connectivity index (χ3n) is 3.51. The van der Waals surface area contributed by atoms with Crippen LogP contribution in [-0.2, 0) is 0 Å². The second kappa shape index (κ2) is 5.96. The number of benzene rings is 1. The lowest BCUT2D eigenvalue weighted by Gasteiger charge is -2.12. The minimum atomic E-state index is -0.433. The van der Waals surface area contributed by atoms with Gasteiger partial charge in [0.05, 0.1) is 23.3 Å². The number of hydrogen-bond acceptors (Lipinski definition) is 5. The number of imidazole rings is 1. The molecule has 2 heterocycles. The summed E-state index contributed by atoms with van der Waals surface area (Å²) < 4.78 is 0. The number of rotatable bonds is 3. The lowest BCUT2D eigenvalue weighted by molar-refractivity contribution is 0.0806. The molecule has 0 atom stereocenters. The van der Waals surface area contributed by atoms with Crippen molar-refractivity contribution < 1.29 is 4.79 Å². The maximum absolute atomic E-state index is 12.2. The van der Waals surface area contributed by atoms with E-state index in [0.29, 0.717) is 5.82 Å². The van der Waals surface area contributed by atoms with Gasteiger partial charge >= 0.3 is 0 Å². The molecule has 1 radical (unpaired) electrons. The molecule has 0 aliphatic carbocycles. The summed E-state index contributed by atoms with van der Waals surface area (Å²) in [5.41, 5.74) is 10.8. The van der Waals surface area contributed by atoms with Gasteiger partial charge in [-0.2, -0.15) is 5.26 Å². The number of carbonyl (C=O) groups excluding carboxylic acids is 1. The van der Waals surface area contributed by atoms with E-state index in [4.69, 9.17) is 11.0 Å². The number of nitrogens with zero attached hydrogens (tertiary/aromatic N) is 5. The third-order valence-corrected chi connectivity index (χ3v) is 3.51. The molecule has 24 heavy (non-hydrogen) atoms. The Bertz CT molecular complexity index is 970. The van der Waals surface area contributed by atoms with Gasteiger partial charge in [-0.05, 0) is 24.6 Å². The molecule has 0 saturated heterocycles. The number of amides is 1. The van der Waals surface area contributed by atoms with Crippen LogP contribution in [0, 0.1) is 18.3 Å². The number of aryl methyl sites for hydroxylation is 1. The molecule has 3 rings (SSSR count). The highest BCUT2D eigenvalue weighted by atomic mass is 16.2. The van der Waals surface area contributed by atoms with Crippen molar-refractivity contribution >= 4 is 22.8 Å². The van der Waals surface area contributed by atoms with Crippen molar-refractivity contribution in [2.45, 2.75) is 6.92 Å². The first-order chi connectivity index (χ1) is 11.5. The Morgan fingerprint density at radius 3 is 2.96 bits per heavy atom. The Kier molecular flexibility index (Phi) is 3.83. The van der Waals surface area contributed by atoms with Crippen molar-refractivity contribution in [2.24, 2.45) is 0 Å². The van der Waals surface area contributed by atoms with E-state index in [2.05, 4.69) is 19.9 Å². The molecule has 1 aromatic carbocycles. The first-order valence-corrected chi connectivity index (χ1v) is 7.17. The number of nitriles is 1. The van der Waals surface area contributed by atoms with Crippen LogP contribution in [-0.4, -0.2) is 44.3 Å².